The number of anilines is 1. The van der Waals surface area contributed by atoms with Gasteiger partial charge in [0.15, 0.2) is 0 Å². The minimum absolute atomic E-state index is 0.0732. The number of carbonyl (C=O) groups is 1. The first-order valence-electron chi connectivity index (χ1n) is 12.5. The van der Waals surface area contributed by atoms with Crippen molar-refractivity contribution in [2.45, 2.75) is 32.9 Å². The molecular formula is C27H28ClN5O4. The number of nitrogens with one attached hydrogen (secondary N) is 2. The maximum Gasteiger partial charge on any atom is 0.331 e. The topological polar surface area (TPSA) is 118 Å². The number of benzene rings is 2. The van der Waals surface area contributed by atoms with Crippen LogP contribution in [0.2, 0.25) is 5.02 Å². The second-order valence-corrected chi connectivity index (χ2v) is 10.1. The van der Waals surface area contributed by atoms with E-state index in [0.717, 1.165) is 12.8 Å². The number of halogens is 1. The lowest BCUT2D eigenvalue weighted by Gasteiger charge is -2.19. The number of ether oxygens (including phenoxy) is 1. The molecule has 2 aliphatic rings. The zero-order chi connectivity index (χ0) is 26.1. The summed E-state index contributed by atoms with van der Waals surface area (Å²) in [6.07, 6.45) is 2.06. The van der Waals surface area contributed by atoms with Gasteiger partial charge in [0.05, 0.1) is 34.0 Å². The molecular weight excluding hydrogens is 494 g/mol. The Bertz CT molecular complexity index is 1520. The van der Waals surface area contributed by atoms with E-state index in [2.05, 4.69) is 10.6 Å². The van der Waals surface area contributed by atoms with Gasteiger partial charge in [-0.1, -0.05) is 11.6 Å². The second kappa shape index (κ2) is 10.4. The van der Waals surface area contributed by atoms with E-state index in [1.165, 1.54) is 4.57 Å². The lowest BCUT2D eigenvalue weighted by atomic mass is 9.96. The Morgan fingerprint density at radius 1 is 1.19 bits per heavy atom. The van der Waals surface area contributed by atoms with E-state index < -0.39 is 0 Å². The summed E-state index contributed by atoms with van der Waals surface area (Å²) < 4.78 is 8.81. The van der Waals surface area contributed by atoms with Crippen molar-refractivity contribution in [3.05, 3.63) is 67.8 Å². The summed E-state index contributed by atoms with van der Waals surface area (Å²) in [4.78, 5) is 39.3. The molecule has 1 saturated heterocycles. The first kappa shape index (κ1) is 25.1. The summed E-state index contributed by atoms with van der Waals surface area (Å²) in [7, 11) is 0. The number of carbonyl (C=O) groups excluding carboxylic acids is 1. The number of amides is 1. The van der Waals surface area contributed by atoms with Crippen molar-refractivity contribution < 1.29 is 9.53 Å². The lowest BCUT2D eigenvalue weighted by molar-refractivity contribution is -0.120. The van der Waals surface area contributed by atoms with E-state index >= 15 is 0 Å². The van der Waals surface area contributed by atoms with Crippen molar-refractivity contribution in [1.29, 1.82) is 5.26 Å². The lowest BCUT2D eigenvalue weighted by Crippen LogP contribution is -2.40. The minimum Gasteiger partial charge on any atom is -0.493 e. The first-order chi connectivity index (χ1) is 17.9. The predicted octanol–water partition coefficient (Wildman–Crippen LogP) is 2.97. The van der Waals surface area contributed by atoms with Crippen molar-refractivity contribution in [3.63, 3.8) is 0 Å². The summed E-state index contributed by atoms with van der Waals surface area (Å²) >= 11 is 6.09. The fraction of sp³-hybridized carbons (Fsp3) is 0.407. The fourth-order valence-corrected chi connectivity index (χ4v) is 5.07. The van der Waals surface area contributed by atoms with Gasteiger partial charge in [0.2, 0.25) is 5.91 Å². The first-order valence-corrected chi connectivity index (χ1v) is 12.9. The summed E-state index contributed by atoms with van der Waals surface area (Å²) in [6, 6.07) is 12.0. The van der Waals surface area contributed by atoms with Gasteiger partial charge in [0.25, 0.3) is 5.56 Å². The summed E-state index contributed by atoms with van der Waals surface area (Å²) in [5, 5.41) is 16.0. The smallest absolute Gasteiger partial charge is 0.331 e. The van der Waals surface area contributed by atoms with E-state index in [9.17, 15) is 14.4 Å². The third-order valence-electron chi connectivity index (χ3n) is 7.15. The number of hydrogen-bond donors (Lipinski definition) is 2. The quantitative estimate of drug-likeness (QED) is 0.470. The Morgan fingerprint density at radius 3 is 2.70 bits per heavy atom. The van der Waals surface area contributed by atoms with Gasteiger partial charge in [0.1, 0.15) is 11.8 Å². The van der Waals surface area contributed by atoms with Crippen LogP contribution < -0.4 is 26.6 Å². The molecule has 2 unspecified atom stereocenters. The molecule has 2 atom stereocenters. The van der Waals surface area contributed by atoms with Crippen LogP contribution in [0.4, 0.5) is 5.69 Å². The van der Waals surface area contributed by atoms with Crippen LogP contribution in [-0.4, -0.2) is 34.7 Å². The molecule has 1 saturated carbocycles. The van der Waals surface area contributed by atoms with Crippen molar-refractivity contribution >= 4 is 34.1 Å². The van der Waals surface area contributed by atoms with Gasteiger partial charge in [-0.3, -0.25) is 18.7 Å². The maximum atomic E-state index is 13.2. The number of aryl methyl sites for hydroxylation is 1. The van der Waals surface area contributed by atoms with Crippen LogP contribution in [0.3, 0.4) is 0 Å². The van der Waals surface area contributed by atoms with Crippen LogP contribution in [0.5, 0.6) is 5.75 Å². The Kier molecular flexibility index (Phi) is 7.04. The molecule has 1 aromatic heterocycles. The molecule has 0 spiro atoms. The van der Waals surface area contributed by atoms with E-state index in [1.807, 2.05) is 13.0 Å². The number of fused-ring (bicyclic) bond motifs is 1. The highest BCUT2D eigenvalue weighted by molar-refractivity contribution is 6.31. The van der Waals surface area contributed by atoms with Gasteiger partial charge in [-0.15, -0.1) is 0 Å². The number of hydrogen-bond acceptors (Lipinski definition) is 6. The standard InChI is InChI=1S/C27H28ClN5O4/c1-2-32-24-8-6-19(9-21(24)26(35)33(27(32)36)14-16-3-4-16)31-25(34)22-13-30-12-18(22)15-37-20-7-5-17(11-29)23(28)10-20/h5-10,16,18,22,30H,2-4,12-15H2,1H3,(H,31,34). The van der Waals surface area contributed by atoms with Gasteiger partial charge in [-0.05, 0) is 56.0 Å². The maximum absolute atomic E-state index is 13.2. The van der Waals surface area contributed by atoms with Crippen LogP contribution in [0.25, 0.3) is 10.9 Å². The Hall–Kier alpha value is -3.61. The molecule has 3 aromatic rings. The van der Waals surface area contributed by atoms with Crippen LogP contribution in [-0.2, 0) is 17.9 Å². The van der Waals surface area contributed by atoms with E-state index in [1.54, 1.807) is 41.0 Å². The monoisotopic (exact) mass is 521 g/mol. The SMILES string of the molecule is CCn1c(=O)n(CC2CC2)c(=O)c2cc(NC(=O)C3CNCC3COc3ccc(C#N)c(Cl)c3)ccc21. The van der Waals surface area contributed by atoms with Crippen molar-refractivity contribution in [2.75, 3.05) is 25.0 Å². The molecule has 192 valence electrons. The molecule has 0 radical (unpaired) electrons. The highest BCUT2D eigenvalue weighted by atomic mass is 35.5. The third-order valence-corrected chi connectivity index (χ3v) is 7.46. The number of nitriles is 1. The molecule has 2 heterocycles. The number of nitrogens with zero attached hydrogens (tertiary/aromatic N) is 3. The number of rotatable bonds is 8. The van der Waals surface area contributed by atoms with Gasteiger partial charge >= 0.3 is 5.69 Å². The Morgan fingerprint density at radius 2 is 2.00 bits per heavy atom. The second-order valence-electron chi connectivity index (χ2n) is 9.70. The molecule has 9 nitrogen and oxygen atoms in total. The van der Waals surface area contributed by atoms with Crippen LogP contribution >= 0.6 is 11.6 Å². The van der Waals surface area contributed by atoms with Gasteiger partial charge in [-0.2, -0.15) is 5.26 Å². The van der Waals surface area contributed by atoms with E-state index in [-0.39, 0.29) is 29.0 Å². The molecule has 2 aromatic carbocycles. The average Bonchev–Trinajstić information content (AvgIpc) is 3.59. The molecule has 2 fully saturated rings. The highest BCUT2D eigenvalue weighted by Crippen LogP contribution is 2.30. The van der Waals surface area contributed by atoms with Crippen molar-refractivity contribution in [3.8, 4) is 11.8 Å². The van der Waals surface area contributed by atoms with Gasteiger partial charge < -0.3 is 15.4 Å². The highest BCUT2D eigenvalue weighted by Gasteiger charge is 2.33. The molecule has 10 heteroatoms. The Labute approximate surface area is 218 Å². The zero-order valence-electron chi connectivity index (χ0n) is 20.5. The average molecular weight is 522 g/mol. The van der Waals surface area contributed by atoms with Crippen LogP contribution in [0.1, 0.15) is 25.3 Å². The van der Waals surface area contributed by atoms with Crippen LogP contribution in [0.15, 0.2) is 46.0 Å². The predicted molar refractivity (Wildman–Crippen MR) is 141 cm³/mol. The minimum atomic E-state index is -0.333. The van der Waals surface area contributed by atoms with Crippen LogP contribution in [0, 0.1) is 29.1 Å². The molecule has 5 rings (SSSR count). The van der Waals surface area contributed by atoms with E-state index in [4.69, 9.17) is 21.6 Å². The third kappa shape index (κ3) is 5.13. The molecule has 37 heavy (non-hydrogen) atoms. The van der Waals surface area contributed by atoms with Gasteiger partial charge in [0, 0.05) is 43.9 Å². The molecule has 1 aliphatic carbocycles. The van der Waals surface area contributed by atoms with Crippen molar-refractivity contribution in [1.82, 2.24) is 14.5 Å². The number of aromatic nitrogens is 2. The summed E-state index contributed by atoms with van der Waals surface area (Å²) in [5.41, 5.74) is 0.853. The molecule has 1 amide bonds. The van der Waals surface area contributed by atoms with Gasteiger partial charge in [-0.25, -0.2) is 4.79 Å². The van der Waals surface area contributed by atoms with Crippen molar-refractivity contribution in [2.24, 2.45) is 17.8 Å². The van der Waals surface area contributed by atoms with E-state index in [0.29, 0.717) is 71.6 Å². The normalized spacial score (nSPS) is 19.1. The summed E-state index contributed by atoms with van der Waals surface area (Å²) in [6.45, 7) is 4.19. The summed E-state index contributed by atoms with van der Waals surface area (Å²) in [5.74, 6) is 0.342. The Balaban J connectivity index is 1.33. The molecule has 1 aliphatic heterocycles. The fourth-order valence-electron chi connectivity index (χ4n) is 4.86. The molecule has 2 N–H and O–H groups in total. The molecule has 0 bridgehead atoms. The largest absolute Gasteiger partial charge is 0.493 e. The zero-order valence-corrected chi connectivity index (χ0v) is 21.3.